The molecule has 0 radical (unpaired) electrons. The van der Waals surface area contributed by atoms with Crippen LogP contribution in [0.5, 0.6) is 0 Å². The zero-order valence-corrected chi connectivity index (χ0v) is 35.4. The van der Waals surface area contributed by atoms with Crippen LogP contribution in [0.2, 0.25) is 0 Å². The molecule has 296 valence electrons. The Morgan fingerprint density at radius 1 is 0.403 bits per heavy atom. The summed E-state index contributed by atoms with van der Waals surface area (Å²) in [7, 11) is 0. The van der Waals surface area contributed by atoms with Crippen molar-refractivity contribution in [3.63, 3.8) is 0 Å². The molecule has 8 aromatic carbocycles. The number of fused-ring (bicyclic) bond motifs is 12. The molecule has 0 bridgehead atoms. The van der Waals surface area contributed by atoms with Gasteiger partial charge in [-0.15, -0.1) is 0 Å². The van der Waals surface area contributed by atoms with Crippen LogP contribution in [-0.2, 0) is 0 Å². The summed E-state index contributed by atoms with van der Waals surface area (Å²) in [5.74, 6) is 0. The average Bonchev–Trinajstić information content (AvgIpc) is 4.00. The van der Waals surface area contributed by atoms with Crippen molar-refractivity contribution in [3.8, 4) is 0 Å². The van der Waals surface area contributed by atoms with Gasteiger partial charge in [0.15, 0.2) is 0 Å². The lowest BCUT2D eigenvalue weighted by Gasteiger charge is -2.30. The number of benzene rings is 8. The second-order valence-electron chi connectivity index (χ2n) is 17.6. The van der Waals surface area contributed by atoms with Gasteiger partial charge < -0.3 is 18.6 Å². The van der Waals surface area contributed by atoms with Crippen molar-refractivity contribution in [2.75, 3.05) is 9.80 Å². The third-order valence-electron chi connectivity index (χ3n) is 13.5. The van der Waals surface area contributed by atoms with Crippen molar-refractivity contribution in [2.45, 2.75) is 40.5 Å². The van der Waals surface area contributed by atoms with Gasteiger partial charge in [-0.05, 0) is 142 Å². The molecule has 4 heterocycles. The molecule has 0 aliphatic heterocycles. The highest BCUT2D eigenvalue weighted by Gasteiger charge is 2.27. The minimum atomic E-state index is 0.997. The molecule has 62 heavy (non-hydrogen) atoms. The second kappa shape index (κ2) is 13.0. The van der Waals surface area contributed by atoms with E-state index in [1.54, 1.807) is 0 Å². The zero-order chi connectivity index (χ0) is 41.4. The van der Waals surface area contributed by atoms with E-state index in [2.05, 4.69) is 216 Å². The fourth-order valence-electron chi connectivity index (χ4n) is 11.3. The fraction of sp³-hybridized carbons (Fsp3) is 0.103. The molecule has 0 saturated heterocycles. The number of para-hydroxylation sites is 3. The molecule has 4 heteroatoms. The van der Waals surface area contributed by atoms with E-state index in [0.717, 1.165) is 18.5 Å². The molecule has 0 N–H and O–H groups in total. The first-order valence-electron chi connectivity index (χ1n) is 21.9. The van der Waals surface area contributed by atoms with Gasteiger partial charge in [0.1, 0.15) is 0 Å². The smallest absolute Gasteiger partial charge is 0.0621 e. The van der Waals surface area contributed by atoms with E-state index in [-0.39, 0.29) is 0 Å². The molecule has 1 aliphatic rings. The molecule has 0 fully saturated rings. The molecule has 0 unspecified atom stereocenters. The molecular formula is C58H44N4. The molecule has 0 spiro atoms. The van der Waals surface area contributed by atoms with Crippen LogP contribution >= 0.6 is 0 Å². The predicted molar refractivity (Wildman–Crippen MR) is 264 cm³/mol. The van der Waals surface area contributed by atoms with E-state index < -0.39 is 0 Å². The van der Waals surface area contributed by atoms with Crippen LogP contribution in [0.3, 0.4) is 0 Å². The van der Waals surface area contributed by atoms with Gasteiger partial charge in [0.25, 0.3) is 0 Å². The van der Waals surface area contributed by atoms with Gasteiger partial charge >= 0.3 is 0 Å². The van der Waals surface area contributed by atoms with Gasteiger partial charge in [-0.1, -0.05) is 91.0 Å². The Morgan fingerprint density at radius 3 is 1.40 bits per heavy atom. The molecule has 13 rings (SSSR count). The van der Waals surface area contributed by atoms with Gasteiger partial charge in [-0.25, -0.2) is 0 Å². The van der Waals surface area contributed by atoms with Crippen molar-refractivity contribution in [2.24, 2.45) is 0 Å². The molecule has 0 saturated carbocycles. The monoisotopic (exact) mass is 796 g/mol. The topological polar surface area (TPSA) is 15.3 Å². The van der Waals surface area contributed by atoms with Crippen molar-refractivity contribution < 1.29 is 0 Å². The Hall–Kier alpha value is -7.56. The lowest BCUT2D eigenvalue weighted by atomic mass is 10.0. The van der Waals surface area contributed by atoms with Crippen molar-refractivity contribution in [1.29, 1.82) is 0 Å². The molecule has 4 aromatic heterocycles. The Bertz CT molecular complexity index is 3820. The van der Waals surface area contributed by atoms with E-state index in [1.165, 1.54) is 127 Å². The first-order chi connectivity index (χ1) is 30.4. The summed E-state index contributed by atoms with van der Waals surface area (Å²) in [5, 5.41) is 10.2. The maximum atomic E-state index is 2.56. The molecule has 4 nitrogen and oxygen atoms in total. The van der Waals surface area contributed by atoms with E-state index in [0.29, 0.717) is 0 Å². The van der Waals surface area contributed by atoms with Crippen molar-refractivity contribution in [1.82, 2.24) is 8.80 Å². The molecule has 0 atom stereocenters. The van der Waals surface area contributed by atoms with Gasteiger partial charge in [0.05, 0.1) is 44.5 Å². The summed E-state index contributed by atoms with van der Waals surface area (Å²) < 4.78 is 5.10. The average molecular weight is 797 g/mol. The van der Waals surface area contributed by atoms with Crippen molar-refractivity contribution in [3.05, 3.63) is 198 Å². The van der Waals surface area contributed by atoms with E-state index in [1.807, 2.05) is 0 Å². The first kappa shape index (κ1) is 35.2. The normalized spacial score (nSPS) is 13.4. The predicted octanol–water partition coefficient (Wildman–Crippen LogP) is 16.1. The second-order valence-corrected chi connectivity index (χ2v) is 17.6. The van der Waals surface area contributed by atoms with Crippen LogP contribution in [0, 0.1) is 27.7 Å². The van der Waals surface area contributed by atoms with Crippen LogP contribution in [0.15, 0.2) is 176 Å². The highest BCUT2D eigenvalue weighted by atomic mass is 15.2. The van der Waals surface area contributed by atoms with Crippen LogP contribution < -0.4 is 9.80 Å². The number of hydrogen-bond donors (Lipinski definition) is 0. The Balaban J connectivity index is 1.09. The number of nitrogens with zero attached hydrogens (tertiary/aromatic N) is 4. The summed E-state index contributed by atoms with van der Waals surface area (Å²) in [6.45, 7) is 8.80. The maximum Gasteiger partial charge on any atom is 0.0621 e. The lowest BCUT2D eigenvalue weighted by molar-refractivity contribution is 0.918. The molecule has 12 aromatic rings. The van der Waals surface area contributed by atoms with Gasteiger partial charge in [0, 0.05) is 65.8 Å². The zero-order valence-electron chi connectivity index (χ0n) is 35.4. The maximum absolute atomic E-state index is 2.56. The summed E-state index contributed by atoms with van der Waals surface area (Å²) in [6, 6.07) is 57.2. The Kier molecular flexibility index (Phi) is 7.37. The van der Waals surface area contributed by atoms with Crippen LogP contribution in [0.4, 0.5) is 28.4 Å². The van der Waals surface area contributed by atoms with Gasteiger partial charge in [-0.2, -0.15) is 0 Å². The van der Waals surface area contributed by atoms with Gasteiger partial charge in [0.2, 0.25) is 0 Å². The molecular weight excluding hydrogens is 753 g/mol. The standard InChI is InChI=1S/C58H44N4/c1-35-27-36(2)30-41(29-35)59(39-15-7-5-8-16-39)49-23-13-25-51-55(49)45-21-11-19-43-47-34-54-48(33-53(47)61(51)57(43)45)44-20-12-22-46-56-50(24-14-26-52(56)62(54)58(44)46)60(40-17-9-6-10-18-40)42-31-37(3)28-38(4)32-42/h5-9,11-17,19-34H,10,18H2,1-4H3. The van der Waals surface area contributed by atoms with Crippen LogP contribution in [0.1, 0.15) is 35.1 Å². The quantitative estimate of drug-likeness (QED) is 0.167. The summed E-state index contributed by atoms with van der Waals surface area (Å²) in [4.78, 5) is 4.97. The number of aromatic nitrogens is 2. The lowest BCUT2D eigenvalue weighted by Crippen LogP contribution is -2.18. The Labute approximate surface area is 360 Å². The summed E-state index contributed by atoms with van der Waals surface area (Å²) in [5.41, 5.74) is 19.8. The summed E-state index contributed by atoms with van der Waals surface area (Å²) >= 11 is 0. The Morgan fingerprint density at radius 2 is 0.887 bits per heavy atom. The third kappa shape index (κ3) is 4.89. The highest BCUT2D eigenvalue weighted by molar-refractivity contribution is 6.31. The summed E-state index contributed by atoms with van der Waals surface area (Å²) in [6.07, 6.45) is 8.84. The number of rotatable bonds is 6. The van der Waals surface area contributed by atoms with Crippen molar-refractivity contribution >= 4 is 105 Å². The van der Waals surface area contributed by atoms with E-state index in [4.69, 9.17) is 0 Å². The number of allylic oxidation sites excluding steroid dienone is 4. The minimum absolute atomic E-state index is 0.997. The van der Waals surface area contributed by atoms with E-state index in [9.17, 15) is 0 Å². The van der Waals surface area contributed by atoms with Crippen LogP contribution in [0.25, 0.3) is 76.2 Å². The van der Waals surface area contributed by atoms with E-state index >= 15 is 0 Å². The third-order valence-corrected chi connectivity index (χ3v) is 13.5. The highest BCUT2D eigenvalue weighted by Crippen LogP contribution is 2.50. The van der Waals surface area contributed by atoms with Crippen LogP contribution in [-0.4, -0.2) is 8.80 Å². The molecule has 0 amide bonds. The fourth-order valence-corrected chi connectivity index (χ4v) is 11.3. The SMILES string of the molecule is Cc1cc(C)cc(N(C2=CC=CCC2)c2cccc3c2c2cccc4c5cc6c(cc5n3c42)c2cccc3c4c(N(c5ccccc5)c5cc(C)cc(C)c5)cccc4n6c23)c1. The number of aryl methyl sites for hydroxylation is 4. The number of hydrogen-bond acceptors (Lipinski definition) is 2. The number of anilines is 5. The van der Waals surface area contributed by atoms with Gasteiger partial charge in [-0.3, -0.25) is 0 Å². The molecule has 1 aliphatic carbocycles. The largest absolute Gasteiger partial charge is 0.313 e. The minimum Gasteiger partial charge on any atom is -0.313 e. The first-order valence-corrected chi connectivity index (χ1v) is 21.9.